The molecule has 0 aliphatic rings. The number of carbonyl (C=O) groups is 1. The van der Waals surface area contributed by atoms with Gasteiger partial charge in [-0.25, -0.2) is 4.79 Å². The molecule has 0 aliphatic carbocycles. The van der Waals surface area contributed by atoms with Crippen LogP contribution in [0.15, 0.2) is 24.3 Å². The topological polar surface area (TPSA) is 54.0 Å². The molecule has 0 spiro atoms. The summed E-state index contributed by atoms with van der Waals surface area (Å²) in [6, 6.07) is 6.95. The zero-order valence-corrected chi connectivity index (χ0v) is 13.0. The highest BCUT2D eigenvalue weighted by Gasteiger charge is 2.05. The second-order valence-corrected chi connectivity index (χ2v) is 4.61. The highest BCUT2D eigenvalue weighted by Crippen LogP contribution is 2.14. The molecule has 21 heavy (non-hydrogen) atoms. The first-order valence-corrected chi connectivity index (χ1v) is 7.08. The molecule has 0 saturated heterocycles. The first-order chi connectivity index (χ1) is 10.2. The molecule has 0 atom stereocenters. The maximum Gasteiger partial charge on any atom is 0.337 e. The zero-order chi connectivity index (χ0) is 15.5. The first kappa shape index (κ1) is 17.5. The van der Waals surface area contributed by atoms with E-state index >= 15 is 0 Å². The number of rotatable bonds is 10. The number of unbranched alkanes of at least 4 members (excludes halogenated alkanes) is 2. The Hall–Kier alpha value is -1.59. The van der Waals surface area contributed by atoms with Crippen LogP contribution in [0, 0.1) is 0 Å². The van der Waals surface area contributed by atoms with Crippen LogP contribution in [0.1, 0.15) is 36.0 Å². The van der Waals surface area contributed by atoms with E-state index in [1.807, 2.05) is 0 Å². The van der Waals surface area contributed by atoms with Crippen molar-refractivity contribution < 1.29 is 23.7 Å². The van der Waals surface area contributed by atoms with Crippen molar-refractivity contribution in [3.63, 3.8) is 0 Å². The third-order valence-electron chi connectivity index (χ3n) is 3.15. The molecule has 0 N–H and O–H groups in total. The third kappa shape index (κ3) is 6.60. The quantitative estimate of drug-likeness (QED) is 0.377. The molecule has 0 heterocycles. The second kappa shape index (κ2) is 10.2. The summed E-state index contributed by atoms with van der Waals surface area (Å²) in [5.41, 5.74) is 0.523. The first-order valence-electron chi connectivity index (χ1n) is 7.08. The average molecular weight is 296 g/mol. The van der Waals surface area contributed by atoms with Gasteiger partial charge in [-0.1, -0.05) is 0 Å². The van der Waals surface area contributed by atoms with Crippen LogP contribution in [0.25, 0.3) is 0 Å². The molecule has 5 heteroatoms. The van der Waals surface area contributed by atoms with E-state index in [1.165, 1.54) is 7.11 Å². The largest absolute Gasteiger partial charge is 0.494 e. The van der Waals surface area contributed by atoms with E-state index in [0.717, 1.165) is 31.4 Å². The molecule has 5 nitrogen and oxygen atoms in total. The Morgan fingerprint density at radius 3 is 2.24 bits per heavy atom. The fraction of sp³-hybridized carbons (Fsp3) is 0.562. The van der Waals surface area contributed by atoms with E-state index in [1.54, 1.807) is 38.5 Å². The Morgan fingerprint density at radius 1 is 1.00 bits per heavy atom. The van der Waals surface area contributed by atoms with Crippen molar-refractivity contribution in [2.45, 2.75) is 32.0 Å². The fourth-order valence-corrected chi connectivity index (χ4v) is 1.92. The van der Waals surface area contributed by atoms with Gasteiger partial charge in [0.1, 0.15) is 5.75 Å². The minimum atomic E-state index is -0.340. The lowest BCUT2D eigenvalue weighted by Crippen LogP contribution is -2.12. The van der Waals surface area contributed by atoms with Gasteiger partial charge in [-0.3, -0.25) is 0 Å². The Bertz CT molecular complexity index is 398. The lowest BCUT2D eigenvalue weighted by molar-refractivity contribution is -0.107. The number of hydrogen-bond donors (Lipinski definition) is 0. The SMILES string of the molecule is COC(=O)c1ccc(OCCCCCC(OC)OC)cc1. The van der Waals surface area contributed by atoms with Crippen molar-refractivity contribution in [2.75, 3.05) is 27.9 Å². The number of methoxy groups -OCH3 is 3. The monoisotopic (exact) mass is 296 g/mol. The predicted molar refractivity (Wildman–Crippen MR) is 79.6 cm³/mol. The predicted octanol–water partition coefficient (Wildman–Crippen LogP) is 3.03. The van der Waals surface area contributed by atoms with Crippen molar-refractivity contribution in [1.82, 2.24) is 0 Å². The van der Waals surface area contributed by atoms with Gasteiger partial charge in [0.05, 0.1) is 19.3 Å². The molecule has 1 rings (SSSR count). The molecule has 0 aliphatic heterocycles. The van der Waals surface area contributed by atoms with E-state index < -0.39 is 0 Å². The van der Waals surface area contributed by atoms with E-state index in [0.29, 0.717) is 12.2 Å². The van der Waals surface area contributed by atoms with Gasteiger partial charge >= 0.3 is 5.97 Å². The van der Waals surface area contributed by atoms with Crippen molar-refractivity contribution in [2.24, 2.45) is 0 Å². The number of carbonyl (C=O) groups excluding carboxylic acids is 1. The lowest BCUT2D eigenvalue weighted by atomic mass is 10.2. The molecule has 0 radical (unpaired) electrons. The Kier molecular flexibility index (Phi) is 8.47. The van der Waals surface area contributed by atoms with Gasteiger partial charge in [0.25, 0.3) is 0 Å². The van der Waals surface area contributed by atoms with E-state index in [-0.39, 0.29) is 12.3 Å². The van der Waals surface area contributed by atoms with Crippen LogP contribution in [0.2, 0.25) is 0 Å². The van der Waals surface area contributed by atoms with Crippen molar-refractivity contribution >= 4 is 5.97 Å². The number of benzene rings is 1. The highest BCUT2D eigenvalue weighted by molar-refractivity contribution is 5.89. The molecular weight excluding hydrogens is 272 g/mol. The summed E-state index contributed by atoms with van der Waals surface area (Å²) >= 11 is 0. The van der Waals surface area contributed by atoms with Crippen LogP contribution in [-0.4, -0.2) is 40.2 Å². The van der Waals surface area contributed by atoms with Crippen LogP contribution < -0.4 is 4.74 Å². The summed E-state index contributed by atoms with van der Waals surface area (Å²) < 4.78 is 20.5. The molecule has 0 amide bonds. The lowest BCUT2D eigenvalue weighted by Gasteiger charge is -2.12. The summed E-state index contributed by atoms with van der Waals surface area (Å²) in [6.07, 6.45) is 3.84. The van der Waals surface area contributed by atoms with E-state index in [4.69, 9.17) is 14.2 Å². The van der Waals surface area contributed by atoms with Crippen LogP contribution in [-0.2, 0) is 14.2 Å². The Labute approximate surface area is 126 Å². The third-order valence-corrected chi connectivity index (χ3v) is 3.15. The smallest absolute Gasteiger partial charge is 0.337 e. The van der Waals surface area contributed by atoms with Crippen molar-refractivity contribution in [3.05, 3.63) is 29.8 Å². The van der Waals surface area contributed by atoms with Gasteiger partial charge in [-0.2, -0.15) is 0 Å². The molecule has 1 aromatic rings. The normalized spacial score (nSPS) is 10.7. The van der Waals surface area contributed by atoms with Crippen molar-refractivity contribution in [1.29, 1.82) is 0 Å². The highest BCUT2D eigenvalue weighted by atomic mass is 16.7. The molecule has 0 aromatic heterocycles. The molecule has 0 bridgehead atoms. The standard InChI is InChI=1S/C16H24O5/c1-18-15(19-2)7-5-4-6-12-21-14-10-8-13(9-11-14)16(17)20-3/h8-11,15H,4-7,12H2,1-3H3. The maximum absolute atomic E-state index is 11.3. The molecule has 0 saturated carbocycles. The van der Waals surface area contributed by atoms with Gasteiger partial charge in [0.2, 0.25) is 0 Å². The maximum atomic E-state index is 11.3. The van der Waals surface area contributed by atoms with Gasteiger partial charge in [-0.05, 0) is 49.9 Å². The summed E-state index contributed by atoms with van der Waals surface area (Å²) in [5, 5.41) is 0. The van der Waals surface area contributed by atoms with Crippen molar-refractivity contribution in [3.8, 4) is 5.75 Å². The average Bonchev–Trinajstić information content (AvgIpc) is 2.54. The minimum absolute atomic E-state index is 0.114. The molecule has 0 fully saturated rings. The van der Waals surface area contributed by atoms with E-state index in [9.17, 15) is 4.79 Å². The number of esters is 1. The van der Waals surface area contributed by atoms with Gasteiger partial charge in [0.15, 0.2) is 6.29 Å². The summed E-state index contributed by atoms with van der Waals surface area (Å²) in [4.78, 5) is 11.3. The van der Waals surface area contributed by atoms with Crippen LogP contribution in [0.5, 0.6) is 5.75 Å². The van der Waals surface area contributed by atoms with Gasteiger partial charge in [-0.15, -0.1) is 0 Å². The molecule has 118 valence electrons. The molecule has 1 aromatic carbocycles. The summed E-state index contributed by atoms with van der Waals surface area (Å²) in [5.74, 6) is 0.418. The molecular formula is C16H24O5. The minimum Gasteiger partial charge on any atom is -0.494 e. The Morgan fingerprint density at radius 2 is 1.67 bits per heavy atom. The molecule has 0 unspecified atom stereocenters. The zero-order valence-electron chi connectivity index (χ0n) is 13.0. The number of hydrogen-bond acceptors (Lipinski definition) is 5. The van der Waals surface area contributed by atoms with E-state index in [2.05, 4.69) is 4.74 Å². The fourth-order valence-electron chi connectivity index (χ4n) is 1.92. The van der Waals surface area contributed by atoms with Crippen LogP contribution >= 0.6 is 0 Å². The summed E-state index contributed by atoms with van der Waals surface area (Å²) in [7, 11) is 4.66. The number of ether oxygens (including phenoxy) is 4. The summed E-state index contributed by atoms with van der Waals surface area (Å²) in [6.45, 7) is 0.655. The van der Waals surface area contributed by atoms with Crippen LogP contribution in [0.4, 0.5) is 0 Å². The second-order valence-electron chi connectivity index (χ2n) is 4.61. The van der Waals surface area contributed by atoms with Gasteiger partial charge in [0, 0.05) is 14.2 Å². The van der Waals surface area contributed by atoms with Crippen LogP contribution in [0.3, 0.4) is 0 Å². The Balaban J connectivity index is 2.17. The van der Waals surface area contributed by atoms with Gasteiger partial charge < -0.3 is 18.9 Å².